The van der Waals surface area contributed by atoms with Crippen molar-refractivity contribution in [1.29, 1.82) is 0 Å². The fourth-order valence-electron chi connectivity index (χ4n) is 0.890. The van der Waals surface area contributed by atoms with E-state index >= 15 is 0 Å². The van der Waals surface area contributed by atoms with E-state index in [-0.39, 0.29) is 0 Å². The lowest BCUT2D eigenvalue weighted by atomic mass is 10.1. The Hall–Kier alpha value is -1.30. The molecule has 6 heteroatoms. The van der Waals surface area contributed by atoms with Gasteiger partial charge in [-0.2, -0.15) is 0 Å². The highest BCUT2D eigenvalue weighted by atomic mass is 16.5. The van der Waals surface area contributed by atoms with Crippen LogP contribution >= 0.6 is 0 Å². The van der Waals surface area contributed by atoms with Gasteiger partial charge in [0.2, 0.25) is 0 Å². The van der Waals surface area contributed by atoms with E-state index in [0.717, 1.165) is 0 Å². The second-order valence-electron chi connectivity index (χ2n) is 2.66. The smallest absolute Gasteiger partial charge is 0.407 e. The van der Waals surface area contributed by atoms with Gasteiger partial charge in [-0.1, -0.05) is 0 Å². The van der Waals surface area contributed by atoms with Gasteiger partial charge in [0.1, 0.15) is 6.04 Å². The number of carbonyl (C=O) groups is 2. The van der Waals surface area contributed by atoms with Crippen molar-refractivity contribution in [3.05, 3.63) is 0 Å². The SMILES string of the molecule is COCCCC(NC(=O)OC)C(=O)O. The molecule has 82 valence electrons. The highest BCUT2D eigenvalue weighted by molar-refractivity contribution is 5.79. The Labute approximate surface area is 82.2 Å². The lowest BCUT2D eigenvalue weighted by molar-refractivity contribution is -0.139. The molecule has 0 rings (SSSR count). The molecule has 0 aliphatic rings. The number of rotatable bonds is 6. The normalized spacial score (nSPS) is 11.9. The average Bonchev–Trinajstić information content (AvgIpc) is 2.16. The second kappa shape index (κ2) is 7.14. The molecule has 0 spiro atoms. The van der Waals surface area contributed by atoms with E-state index in [0.29, 0.717) is 19.4 Å². The number of methoxy groups -OCH3 is 2. The number of ether oxygens (including phenoxy) is 2. The third kappa shape index (κ3) is 5.36. The molecule has 0 fully saturated rings. The number of carboxylic acids is 1. The zero-order chi connectivity index (χ0) is 11.0. The van der Waals surface area contributed by atoms with Crippen LogP contribution in [0, 0.1) is 0 Å². The summed E-state index contributed by atoms with van der Waals surface area (Å²) in [6.45, 7) is 0.465. The first kappa shape index (κ1) is 12.7. The minimum Gasteiger partial charge on any atom is -0.480 e. The van der Waals surface area contributed by atoms with Crippen molar-refractivity contribution in [2.75, 3.05) is 20.8 Å². The molecular formula is C8H15NO5. The summed E-state index contributed by atoms with van der Waals surface area (Å²) in [5.74, 6) is -1.08. The van der Waals surface area contributed by atoms with Crippen molar-refractivity contribution in [2.24, 2.45) is 0 Å². The van der Waals surface area contributed by atoms with Crippen LogP contribution in [0.4, 0.5) is 4.79 Å². The van der Waals surface area contributed by atoms with Gasteiger partial charge in [-0.15, -0.1) is 0 Å². The summed E-state index contributed by atoms with van der Waals surface area (Å²) in [4.78, 5) is 21.4. The van der Waals surface area contributed by atoms with Crippen LogP contribution in [0.2, 0.25) is 0 Å². The van der Waals surface area contributed by atoms with E-state index in [4.69, 9.17) is 9.84 Å². The van der Waals surface area contributed by atoms with Gasteiger partial charge in [0.25, 0.3) is 0 Å². The summed E-state index contributed by atoms with van der Waals surface area (Å²) in [5, 5.41) is 10.9. The number of aliphatic carboxylic acids is 1. The average molecular weight is 205 g/mol. The maximum atomic E-state index is 10.7. The van der Waals surface area contributed by atoms with E-state index in [1.165, 1.54) is 14.2 Å². The van der Waals surface area contributed by atoms with E-state index in [1.807, 2.05) is 0 Å². The Bertz CT molecular complexity index is 194. The van der Waals surface area contributed by atoms with Gasteiger partial charge in [-0.25, -0.2) is 9.59 Å². The highest BCUT2D eigenvalue weighted by Crippen LogP contribution is 1.98. The molecule has 0 aromatic rings. The molecule has 0 aliphatic carbocycles. The molecule has 14 heavy (non-hydrogen) atoms. The van der Waals surface area contributed by atoms with Crippen molar-refractivity contribution in [3.8, 4) is 0 Å². The van der Waals surface area contributed by atoms with Crippen LogP contribution in [-0.2, 0) is 14.3 Å². The molecule has 1 atom stereocenters. The molecule has 0 saturated carbocycles. The molecule has 0 heterocycles. The number of amides is 1. The number of carboxylic acid groups (broad SMARTS) is 1. The molecule has 2 N–H and O–H groups in total. The summed E-state index contributed by atoms with van der Waals surface area (Å²) in [6.07, 6.45) is 0.144. The van der Waals surface area contributed by atoms with Crippen LogP contribution in [0.15, 0.2) is 0 Å². The first-order chi connectivity index (χ1) is 6.61. The fourth-order valence-corrected chi connectivity index (χ4v) is 0.890. The molecule has 0 radical (unpaired) electrons. The van der Waals surface area contributed by atoms with Crippen LogP contribution in [0.3, 0.4) is 0 Å². The number of hydrogen-bond donors (Lipinski definition) is 2. The zero-order valence-electron chi connectivity index (χ0n) is 8.28. The molecule has 0 saturated heterocycles. The van der Waals surface area contributed by atoms with Crippen molar-refractivity contribution in [2.45, 2.75) is 18.9 Å². The maximum absolute atomic E-state index is 10.7. The predicted molar refractivity (Wildman–Crippen MR) is 48.1 cm³/mol. The first-order valence-electron chi connectivity index (χ1n) is 4.18. The summed E-state index contributed by atoms with van der Waals surface area (Å²) >= 11 is 0. The van der Waals surface area contributed by atoms with Gasteiger partial charge in [0.05, 0.1) is 7.11 Å². The van der Waals surface area contributed by atoms with Crippen molar-refractivity contribution in [1.82, 2.24) is 5.32 Å². The number of alkyl carbamates (subject to hydrolysis) is 1. The Morgan fingerprint density at radius 1 is 1.43 bits per heavy atom. The zero-order valence-corrected chi connectivity index (χ0v) is 8.28. The quantitative estimate of drug-likeness (QED) is 0.606. The minimum atomic E-state index is -1.08. The number of nitrogens with one attached hydrogen (secondary N) is 1. The summed E-state index contributed by atoms with van der Waals surface area (Å²) in [7, 11) is 2.72. The van der Waals surface area contributed by atoms with Crippen LogP contribution in [0.1, 0.15) is 12.8 Å². The molecule has 0 bridgehead atoms. The van der Waals surface area contributed by atoms with Gasteiger partial charge in [0, 0.05) is 13.7 Å². The first-order valence-corrected chi connectivity index (χ1v) is 4.18. The maximum Gasteiger partial charge on any atom is 0.407 e. The summed E-state index contributed by atoms with van der Waals surface area (Å²) in [5.41, 5.74) is 0. The van der Waals surface area contributed by atoms with Gasteiger partial charge in [-0.3, -0.25) is 0 Å². The van der Waals surface area contributed by atoms with Crippen LogP contribution in [-0.4, -0.2) is 44.0 Å². The minimum absolute atomic E-state index is 0.318. The summed E-state index contributed by atoms with van der Waals surface area (Å²) in [6, 6.07) is -0.919. The Kier molecular flexibility index (Phi) is 6.47. The highest BCUT2D eigenvalue weighted by Gasteiger charge is 2.19. The van der Waals surface area contributed by atoms with Gasteiger partial charge in [0.15, 0.2) is 0 Å². The molecule has 1 unspecified atom stereocenters. The third-order valence-electron chi connectivity index (χ3n) is 1.62. The Morgan fingerprint density at radius 2 is 2.07 bits per heavy atom. The Morgan fingerprint density at radius 3 is 2.50 bits per heavy atom. The molecule has 0 aromatic carbocycles. The van der Waals surface area contributed by atoms with Gasteiger partial charge in [-0.05, 0) is 12.8 Å². The topological polar surface area (TPSA) is 84.9 Å². The largest absolute Gasteiger partial charge is 0.480 e. The van der Waals surface area contributed by atoms with Crippen LogP contribution in [0.25, 0.3) is 0 Å². The van der Waals surface area contributed by atoms with Crippen molar-refractivity contribution in [3.63, 3.8) is 0 Å². The van der Waals surface area contributed by atoms with E-state index in [2.05, 4.69) is 10.1 Å². The lowest BCUT2D eigenvalue weighted by Gasteiger charge is -2.12. The van der Waals surface area contributed by atoms with E-state index in [1.54, 1.807) is 0 Å². The predicted octanol–water partition coefficient (Wildman–Crippen LogP) is 0.222. The van der Waals surface area contributed by atoms with E-state index < -0.39 is 18.1 Å². The number of carbonyl (C=O) groups excluding carboxylic acids is 1. The molecule has 0 aliphatic heterocycles. The van der Waals surface area contributed by atoms with E-state index in [9.17, 15) is 9.59 Å². The standard InChI is InChI=1S/C8H15NO5/c1-13-5-3-4-6(7(10)11)9-8(12)14-2/h6H,3-5H2,1-2H3,(H,9,12)(H,10,11). The van der Waals surface area contributed by atoms with Gasteiger partial charge >= 0.3 is 12.1 Å². The second-order valence-corrected chi connectivity index (χ2v) is 2.66. The van der Waals surface area contributed by atoms with Crippen LogP contribution in [0.5, 0.6) is 0 Å². The number of hydrogen-bond acceptors (Lipinski definition) is 4. The van der Waals surface area contributed by atoms with Crippen molar-refractivity contribution >= 4 is 12.1 Å². The molecule has 1 amide bonds. The molecular weight excluding hydrogens is 190 g/mol. The molecule has 0 aromatic heterocycles. The lowest BCUT2D eigenvalue weighted by Crippen LogP contribution is -2.40. The Balaban J connectivity index is 3.90. The molecule has 6 nitrogen and oxygen atoms in total. The fraction of sp³-hybridized carbons (Fsp3) is 0.750. The van der Waals surface area contributed by atoms with Gasteiger partial charge < -0.3 is 19.9 Å². The summed E-state index contributed by atoms with van der Waals surface area (Å²) < 4.78 is 9.06. The van der Waals surface area contributed by atoms with Crippen molar-refractivity contribution < 1.29 is 24.2 Å². The third-order valence-corrected chi connectivity index (χ3v) is 1.62. The monoisotopic (exact) mass is 205 g/mol. The van der Waals surface area contributed by atoms with Crippen LogP contribution < -0.4 is 5.32 Å².